The van der Waals surface area contributed by atoms with Crippen LogP contribution in [0.3, 0.4) is 0 Å². The third-order valence-electron chi connectivity index (χ3n) is 5.24. The predicted molar refractivity (Wildman–Crippen MR) is 117 cm³/mol. The zero-order valence-corrected chi connectivity index (χ0v) is 19.0. The summed E-state index contributed by atoms with van der Waals surface area (Å²) in [5.74, 6) is 1.05. The molecule has 1 aromatic carbocycles. The third kappa shape index (κ3) is 8.64. The van der Waals surface area contributed by atoms with Crippen LogP contribution in [-0.2, 0) is 9.53 Å². The molecule has 3 rings (SSSR count). The van der Waals surface area contributed by atoms with Crippen LogP contribution < -0.4 is 4.74 Å². The third-order valence-corrected chi connectivity index (χ3v) is 5.24. The summed E-state index contributed by atoms with van der Waals surface area (Å²) in [6.07, 6.45) is 8.28. The van der Waals surface area contributed by atoms with Gasteiger partial charge in [0.05, 0.1) is 0 Å². The molecule has 4 nitrogen and oxygen atoms in total. The fraction of sp³-hybridized carbons (Fsp3) is 0.708. The van der Waals surface area contributed by atoms with E-state index in [0.717, 1.165) is 17.8 Å². The number of piperidine rings is 1. The minimum Gasteiger partial charge on any atom is -0.490 e. The summed E-state index contributed by atoms with van der Waals surface area (Å²) in [4.78, 5) is 12.2. The average Bonchev–Trinajstić information content (AvgIpc) is 2.73. The Hall–Kier alpha value is -1.55. The second kappa shape index (κ2) is 12.1. The molecule has 0 amide bonds. The lowest BCUT2D eigenvalue weighted by molar-refractivity contribution is -0.138. The Bertz CT molecular complexity index is 551. The molecule has 0 N–H and O–H groups in total. The largest absolute Gasteiger partial charge is 0.490 e. The second-order valence-electron chi connectivity index (χ2n) is 8.61. The van der Waals surface area contributed by atoms with E-state index in [9.17, 15) is 4.79 Å². The van der Waals surface area contributed by atoms with Crippen LogP contribution in [0, 0.1) is 6.92 Å². The van der Waals surface area contributed by atoms with Gasteiger partial charge in [-0.05, 0) is 78.1 Å². The fourth-order valence-electron chi connectivity index (χ4n) is 3.86. The highest BCUT2D eigenvalue weighted by Gasteiger charge is 2.35. The Morgan fingerprint density at radius 2 is 1.64 bits per heavy atom. The summed E-state index contributed by atoms with van der Waals surface area (Å²) in [6, 6.07) is 9.93. The van der Waals surface area contributed by atoms with Crippen molar-refractivity contribution in [2.45, 2.75) is 104 Å². The molecule has 28 heavy (non-hydrogen) atoms. The Kier molecular flexibility index (Phi) is 10.6. The standard InChI is InChI=1S/C17H25NO.C5H10O2.C2H6/c1-13-6-5-9-16(10-13)19-17-11-14-7-3-4-8-15(12-17)18(14)2;1-5(2,3)7-4-6;1-2/h5-6,9-10,14-15,17H,3-4,7-8,11-12H2,1-2H3;4H,1-3H3;1-2H3/t14-,15+,17?;;. The monoisotopic (exact) mass is 391 g/mol. The summed E-state index contributed by atoms with van der Waals surface area (Å²) in [5.41, 5.74) is 0.963. The SMILES string of the molecule is CC.CC(C)(C)OC=O.Cc1cccc(OC2C[C@H]3CCCC[C@@H](C2)N3C)c1. The first-order valence-electron chi connectivity index (χ1n) is 10.8. The number of hydrogen-bond donors (Lipinski definition) is 0. The molecule has 1 unspecified atom stereocenters. The van der Waals surface area contributed by atoms with Crippen LogP contribution in [0.15, 0.2) is 24.3 Å². The molecule has 0 aromatic heterocycles. The Morgan fingerprint density at radius 1 is 1.07 bits per heavy atom. The van der Waals surface area contributed by atoms with E-state index in [1.165, 1.54) is 44.1 Å². The van der Waals surface area contributed by atoms with Crippen molar-refractivity contribution in [2.75, 3.05) is 7.05 Å². The lowest BCUT2D eigenvalue weighted by Crippen LogP contribution is -2.48. The molecule has 2 heterocycles. The van der Waals surface area contributed by atoms with Crippen LogP contribution in [0.5, 0.6) is 5.75 Å². The summed E-state index contributed by atoms with van der Waals surface area (Å²) < 4.78 is 10.8. The Morgan fingerprint density at radius 3 is 2.07 bits per heavy atom. The molecule has 2 aliphatic rings. The van der Waals surface area contributed by atoms with E-state index in [1.807, 2.05) is 34.6 Å². The highest BCUT2D eigenvalue weighted by molar-refractivity contribution is 5.37. The molecule has 4 heteroatoms. The second-order valence-corrected chi connectivity index (χ2v) is 8.61. The van der Waals surface area contributed by atoms with Gasteiger partial charge in [0, 0.05) is 12.1 Å². The van der Waals surface area contributed by atoms with Crippen LogP contribution >= 0.6 is 0 Å². The maximum absolute atomic E-state index is 9.60. The van der Waals surface area contributed by atoms with Crippen molar-refractivity contribution in [2.24, 2.45) is 0 Å². The molecule has 3 atom stereocenters. The van der Waals surface area contributed by atoms with Crippen LogP contribution in [0.25, 0.3) is 0 Å². The Balaban J connectivity index is 0.000000372. The van der Waals surface area contributed by atoms with E-state index in [1.54, 1.807) is 0 Å². The fourth-order valence-corrected chi connectivity index (χ4v) is 3.86. The van der Waals surface area contributed by atoms with Gasteiger partial charge in [0.2, 0.25) is 0 Å². The van der Waals surface area contributed by atoms with Gasteiger partial charge in [-0.3, -0.25) is 4.79 Å². The number of benzene rings is 1. The molecule has 160 valence electrons. The quantitative estimate of drug-likeness (QED) is 0.614. The highest BCUT2D eigenvalue weighted by Crippen LogP contribution is 2.33. The topological polar surface area (TPSA) is 38.8 Å². The zero-order chi connectivity index (χ0) is 21.2. The molecule has 2 bridgehead atoms. The molecule has 1 aromatic rings. The van der Waals surface area contributed by atoms with Crippen LogP contribution in [0.1, 0.15) is 78.7 Å². The van der Waals surface area contributed by atoms with Gasteiger partial charge in [0.25, 0.3) is 6.47 Å². The van der Waals surface area contributed by atoms with Crippen molar-refractivity contribution < 1.29 is 14.3 Å². The highest BCUT2D eigenvalue weighted by atomic mass is 16.5. The molecular formula is C24H41NO3. The van der Waals surface area contributed by atoms with Crippen molar-refractivity contribution in [1.82, 2.24) is 4.90 Å². The number of aryl methyl sites for hydroxylation is 1. The van der Waals surface area contributed by atoms with Gasteiger partial charge in [-0.15, -0.1) is 0 Å². The van der Waals surface area contributed by atoms with E-state index in [0.29, 0.717) is 12.6 Å². The van der Waals surface area contributed by atoms with E-state index in [4.69, 9.17) is 4.74 Å². The lowest BCUT2D eigenvalue weighted by atomic mass is 9.92. The number of hydrogen-bond acceptors (Lipinski definition) is 4. The van der Waals surface area contributed by atoms with Gasteiger partial charge in [0.1, 0.15) is 17.5 Å². The zero-order valence-electron chi connectivity index (χ0n) is 19.0. The van der Waals surface area contributed by atoms with Crippen LogP contribution in [-0.4, -0.2) is 42.2 Å². The molecule has 2 fully saturated rings. The van der Waals surface area contributed by atoms with Gasteiger partial charge in [-0.2, -0.15) is 0 Å². The van der Waals surface area contributed by atoms with Crippen molar-refractivity contribution in [3.05, 3.63) is 29.8 Å². The van der Waals surface area contributed by atoms with Crippen molar-refractivity contribution in [3.63, 3.8) is 0 Å². The Labute approximate surface area is 172 Å². The van der Waals surface area contributed by atoms with Crippen LogP contribution in [0.2, 0.25) is 0 Å². The molecule has 2 aliphatic heterocycles. The number of fused-ring (bicyclic) bond motifs is 2. The lowest BCUT2D eigenvalue weighted by Gasteiger charge is -2.41. The first kappa shape index (κ1) is 24.5. The summed E-state index contributed by atoms with van der Waals surface area (Å²) in [7, 11) is 2.31. The number of carbonyl (C=O) groups is 1. The number of ether oxygens (including phenoxy) is 2. The van der Waals surface area contributed by atoms with Gasteiger partial charge in [-0.1, -0.05) is 38.8 Å². The van der Waals surface area contributed by atoms with Crippen molar-refractivity contribution >= 4 is 6.47 Å². The molecule has 2 saturated heterocycles. The maximum atomic E-state index is 9.60. The molecule has 0 saturated carbocycles. The van der Waals surface area contributed by atoms with E-state index >= 15 is 0 Å². The summed E-state index contributed by atoms with van der Waals surface area (Å²) >= 11 is 0. The molecular weight excluding hydrogens is 350 g/mol. The van der Waals surface area contributed by atoms with Gasteiger partial charge in [-0.25, -0.2) is 0 Å². The summed E-state index contributed by atoms with van der Waals surface area (Å²) in [6.45, 7) is 12.0. The van der Waals surface area contributed by atoms with Crippen LogP contribution in [0.4, 0.5) is 0 Å². The van der Waals surface area contributed by atoms with E-state index < -0.39 is 0 Å². The molecule has 0 radical (unpaired) electrons. The number of nitrogens with zero attached hydrogens (tertiary/aromatic N) is 1. The smallest absolute Gasteiger partial charge is 0.293 e. The predicted octanol–water partition coefficient (Wildman–Crippen LogP) is 5.76. The van der Waals surface area contributed by atoms with E-state index in [-0.39, 0.29) is 5.60 Å². The first-order valence-corrected chi connectivity index (χ1v) is 10.8. The van der Waals surface area contributed by atoms with Crippen molar-refractivity contribution in [3.8, 4) is 5.75 Å². The maximum Gasteiger partial charge on any atom is 0.293 e. The number of rotatable bonds is 3. The minimum absolute atomic E-state index is 0.318. The normalized spacial score (nSPS) is 24.5. The van der Waals surface area contributed by atoms with Crippen molar-refractivity contribution in [1.29, 1.82) is 0 Å². The van der Waals surface area contributed by atoms with Gasteiger partial charge < -0.3 is 14.4 Å². The number of carbonyl (C=O) groups excluding carboxylic acids is 1. The molecule has 0 spiro atoms. The molecule has 0 aliphatic carbocycles. The first-order chi connectivity index (χ1) is 13.3. The van der Waals surface area contributed by atoms with E-state index in [2.05, 4.69) is 47.9 Å². The summed E-state index contributed by atoms with van der Waals surface area (Å²) in [5, 5.41) is 0. The van der Waals surface area contributed by atoms with Gasteiger partial charge in [0.15, 0.2) is 0 Å². The van der Waals surface area contributed by atoms with Gasteiger partial charge >= 0.3 is 0 Å². The average molecular weight is 392 g/mol. The minimum atomic E-state index is -0.318.